The highest BCUT2D eigenvalue weighted by Gasteiger charge is 2.32. The van der Waals surface area contributed by atoms with Crippen molar-refractivity contribution in [2.45, 2.75) is 24.7 Å². The third-order valence-corrected chi connectivity index (χ3v) is 6.56. The molecule has 2 rings (SSSR count). The normalized spacial score (nSPS) is 18.1. The summed E-state index contributed by atoms with van der Waals surface area (Å²) in [7, 11) is -3.75. The molecule has 140 valence electrons. The molecule has 1 aromatic rings. The van der Waals surface area contributed by atoms with E-state index >= 15 is 0 Å². The van der Waals surface area contributed by atoms with Crippen LogP contribution in [0.25, 0.3) is 0 Å². The number of benzene rings is 1. The Morgan fingerprint density at radius 3 is 2.64 bits per heavy atom. The molecule has 1 unspecified atom stereocenters. The van der Waals surface area contributed by atoms with Crippen molar-refractivity contribution in [1.29, 1.82) is 0 Å². The van der Waals surface area contributed by atoms with Crippen LogP contribution in [0.3, 0.4) is 0 Å². The number of hydrogen-bond acceptors (Lipinski definition) is 4. The van der Waals surface area contributed by atoms with E-state index in [9.17, 15) is 17.6 Å². The van der Waals surface area contributed by atoms with Gasteiger partial charge in [-0.1, -0.05) is 18.5 Å². The van der Waals surface area contributed by atoms with Crippen LogP contribution in [0.5, 0.6) is 0 Å². The molecule has 9 heteroatoms. The highest BCUT2D eigenvalue weighted by atomic mass is 35.5. The first-order valence-corrected chi connectivity index (χ1v) is 10.0. The summed E-state index contributed by atoms with van der Waals surface area (Å²) in [6.07, 6.45) is 0.883. The maximum Gasteiger partial charge on any atom is 0.243 e. The van der Waals surface area contributed by atoms with E-state index in [4.69, 9.17) is 17.3 Å². The molecule has 0 bridgehead atoms. The number of carbonyl (C=O) groups excluding carboxylic acids is 1. The van der Waals surface area contributed by atoms with E-state index in [-0.39, 0.29) is 40.8 Å². The van der Waals surface area contributed by atoms with Gasteiger partial charge < -0.3 is 11.1 Å². The number of nitrogens with zero attached hydrogens (tertiary/aromatic N) is 1. The number of rotatable bonds is 6. The molecule has 1 amide bonds. The van der Waals surface area contributed by atoms with Gasteiger partial charge in [0, 0.05) is 25.6 Å². The Hall–Kier alpha value is -1.22. The van der Waals surface area contributed by atoms with E-state index in [1.165, 1.54) is 10.4 Å². The van der Waals surface area contributed by atoms with E-state index in [1.807, 2.05) is 6.92 Å². The summed E-state index contributed by atoms with van der Waals surface area (Å²) in [5.74, 6) is -0.745. The van der Waals surface area contributed by atoms with Gasteiger partial charge >= 0.3 is 0 Å². The van der Waals surface area contributed by atoms with Crippen molar-refractivity contribution < 1.29 is 17.6 Å². The van der Waals surface area contributed by atoms with E-state index < -0.39 is 15.8 Å². The molecule has 0 spiro atoms. The lowest BCUT2D eigenvalue weighted by Gasteiger charge is -2.30. The van der Waals surface area contributed by atoms with Gasteiger partial charge in [0.25, 0.3) is 0 Å². The molecular weight excluding hydrogens is 369 g/mol. The molecule has 0 radical (unpaired) electrons. The SMILES string of the molecule is CC(CN)CNC(=O)C1CCN(S(=O)(=O)c2ccc(F)c(Cl)c2)CC1. The molecule has 1 aliphatic heterocycles. The van der Waals surface area contributed by atoms with Gasteiger partial charge in [-0.15, -0.1) is 0 Å². The van der Waals surface area contributed by atoms with Gasteiger partial charge in [-0.25, -0.2) is 12.8 Å². The number of carbonyl (C=O) groups is 1. The molecular formula is C16H23ClFN3O3S. The molecule has 1 heterocycles. The lowest BCUT2D eigenvalue weighted by molar-refractivity contribution is -0.126. The van der Waals surface area contributed by atoms with Crippen LogP contribution in [0, 0.1) is 17.7 Å². The molecule has 1 saturated heterocycles. The van der Waals surface area contributed by atoms with E-state index in [0.717, 1.165) is 12.1 Å². The Kier molecular flexibility index (Phi) is 6.79. The smallest absolute Gasteiger partial charge is 0.243 e. The van der Waals surface area contributed by atoms with Crippen LogP contribution >= 0.6 is 11.6 Å². The fourth-order valence-electron chi connectivity index (χ4n) is 2.65. The zero-order valence-electron chi connectivity index (χ0n) is 14.0. The molecule has 3 N–H and O–H groups in total. The summed E-state index contributed by atoms with van der Waals surface area (Å²) in [5.41, 5.74) is 5.52. The van der Waals surface area contributed by atoms with Crippen LogP contribution in [0.1, 0.15) is 19.8 Å². The highest BCUT2D eigenvalue weighted by Crippen LogP contribution is 2.26. The van der Waals surface area contributed by atoms with Crippen molar-refractivity contribution >= 4 is 27.5 Å². The second kappa shape index (κ2) is 8.44. The second-order valence-electron chi connectivity index (χ2n) is 6.34. The van der Waals surface area contributed by atoms with Crippen LogP contribution in [0.2, 0.25) is 5.02 Å². The molecule has 1 aliphatic rings. The Morgan fingerprint density at radius 1 is 1.44 bits per heavy atom. The van der Waals surface area contributed by atoms with Crippen molar-refractivity contribution in [2.75, 3.05) is 26.2 Å². The molecule has 0 aromatic heterocycles. The molecule has 0 saturated carbocycles. The largest absolute Gasteiger partial charge is 0.356 e. The first kappa shape index (κ1) is 20.1. The van der Waals surface area contributed by atoms with Crippen molar-refractivity contribution in [3.8, 4) is 0 Å². The Bertz CT molecular complexity index is 721. The van der Waals surface area contributed by atoms with Crippen molar-refractivity contribution in [2.24, 2.45) is 17.6 Å². The number of hydrogen-bond donors (Lipinski definition) is 2. The summed E-state index contributed by atoms with van der Waals surface area (Å²) in [5, 5.41) is 2.62. The fraction of sp³-hybridized carbons (Fsp3) is 0.562. The summed E-state index contributed by atoms with van der Waals surface area (Å²) >= 11 is 5.68. The average molecular weight is 392 g/mol. The monoisotopic (exact) mass is 391 g/mol. The summed E-state index contributed by atoms with van der Waals surface area (Å²) < 4.78 is 39.8. The van der Waals surface area contributed by atoms with Crippen LogP contribution < -0.4 is 11.1 Å². The van der Waals surface area contributed by atoms with Crippen LogP contribution in [-0.2, 0) is 14.8 Å². The van der Waals surface area contributed by atoms with Gasteiger partial charge in [-0.2, -0.15) is 4.31 Å². The van der Waals surface area contributed by atoms with Crippen LogP contribution in [0.15, 0.2) is 23.1 Å². The maximum atomic E-state index is 13.2. The lowest BCUT2D eigenvalue weighted by atomic mass is 9.97. The number of nitrogens with two attached hydrogens (primary N) is 1. The van der Waals surface area contributed by atoms with Crippen molar-refractivity contribution in [3.05, 3.63) is 29.0 Å². The topological polar surface area (TPSA) is 92.5 Å². The summed E-state index contributed by atoms with van der Waals surface area (Å²) in [6, 6.07) is 3.34. The van der Waals surface area contributed by atoms with Crippen LogP contribution in [-0.4, -0.2) is 44.8 Å². The quantitative estimate of drug-likeness (QED) is 0.770. The number of nitrogens with one attached hydrogen (secondary N) is 1. The van der Waals surface area contributed by atoms with Gasteiger partial charge in [-0.3, -0.25) is 4.79 Å². The highest BCUT2D eigenvalue weighted by molar-refractivity contribution is 7.89. The lowest BCUT2D eigenvalue weighted by Crippen LogP contribution is -2.44. The Morgan fingerprint density at radius 2 is 2.08 bits per heavy atom. The van der Waals surface area contributed by atoms with E-state index in [0.29, 0.717) is 25.9 Å². The Balaban J connectivity index is 1.96. The van der Waals surface area contributed by atoms with E-state index in [1.54, 1.807) is 0 Å². The van der Waals surface area contributed by atoms with Crippen molar-refractivity contribution in [1.82, 2.24) is 9.62 Å². The fourth-order valence-corrected chi connectivity index (χ4v) is 4.39. The zero-order chi connectivity index (χ0) is 18.6. The van der Waals surface area contributed by atoms with Gasteiger partial charge in [0.05, 0.1) is 9.92 Å². The average Bonchev–Trinajstić information content (AvgIpc) is 2.61. The standard InChI is InChI=1S/C16H23ClFN3O3S/c1-11(9-19)10-20-16(22)12-4-6-21(7-5-12)25(23,24)13-2-3-15(18)14(17)8-13/h2-3,8,11-12H,4-7,9-10,19H2,1H3,(H,20,22). The molecule has 1 atom stereocenters. The first-order chi connectivity index (χ1) is 11.8. The molecule has 1 aromatic carbocycles. The predicted octanol–water partition coefficient (Wildman–Crippen LogP) is 1.59. The van der Waals surface area contributed by atoms with Gasteiger partial charge in [-0.05, 0) is 43.5 Å². The molecule has 1 fully saturated rings. The Labute approximate surface area is 152 Å². The second-order valence-corrected chi connectivity index (χ2v) is 8.69. The third-order valence-electron chi connectivity index (χ3n) is 4.38. The van der Waals surface area contributed by atoms with Gasteiger partial charge in [0.1, 0.15) is 5.82 Å². The van der Waals surface area contributed by atoms with Crippen molar-refractivity contribution in [3.63, 3.8) is 0 Å². The van der Waals surface area contributed by atoms with Crippen LogP contribution in [0.4, 0.5) is 4.39 Å². The van der Waals surface area contributed by atoms with Gasteiger partial charge in [0.15, 0.2) is 0 Å². The zero-order valence-corrected chi connectivity index (χ0v) is 15.6. The number of sulfonamides is 1. The molecule has 25 heavy (non-hydrogen) atoms. The number of piperidine rings is 1. The van der Waals surface area contributed by atoms with Gasteiger partial charge in [0.2, 0.25) is 15.9 Å². The molecule has 6 nitrogen and oxygen atoms in total. The summed E-state index contributed by atoms with van der Waals surface area (Å²) in [4.78, 5) is 12.1. The molecule has 0 aliphatic carbocycles. The minimum Gasteiger partial charge on any atom is -0.356 e. The minimum atomic E-state index is -3.75. The maximum absolute atomic E-state index is 13.2. The third kappa shape index (κ3) is 4.91. The first-order valence-electron chi connectivity index (χ1n) is 8.18. The number of amides is 1. The summed E-state index contributed by atoms with van der Waals surface area (Å²) in [6.45, 7) is 3.44. The van der Waals surface area contributed by atoms with E-state index in [2.05, 4.69) is 5.32 Å². The predicted molar refractivity (Wildman–Crippen MR) is 94.1 cm³/mol. The number of halogens is 2. The minimum absolute atomic E-state index is 0.0430.